The molecule has 1 aromatic carbocycles. The Hall–Kier alpha value is -1.95. The van der Waals surface area contributed by atoms with Crippen molar-refractivity contribution in [3.63, 3.8) is 0 Å². The molecule has 6 nitrogen and oxygen atoms in total. The van der Waals surface area contributed by atoms with Crippen LogP contribution in [0.5, 0.6) is 11.5 Å². The monoisotopic (exact) mass is 373 g/mol. The predicted octanol–water partition coefficient (Wildman–Crippen LogP) is 3.21. The average molecular weight is 373 g/mol. The van der Waals surface area contributed by atoms with Crippen LogP contribution in [-0.4, -0.2) is 55.3 Å². The van der Waals surface area contributed by atoms with E-state index in [1.807, 2.05) is 23.1 Å². The van der Waals surface area contributed by atoms with Crippen LogP contribution in [0.2, 0.25) is 0 Å². The van der Waals surface area contributed by atoms with Crippen molar-refractivity contribution in [1.29, 1.82) is 0 Å². The zero-order chi connectivity index (χ0) is 18.5. The average Bonchev–Trinajstić information content (AvgIpc) is 3.04. The summed E-state index contributed by atoms with van der Waals surface area (Å²) in [5, 5.41) is 3.07. The maximum Gasteiger partial charge on any atom is 0.317 e. The number of benzene rings is 1. The quantitative estimate of drug-likeness (QED) is 0.881. The lowest BCUT2D eigenvalue weighted by Gasteiger charge is -2.35. The molecule has 3 aliphatic heterocycles. The number of hydrogen-bond acceptors (Lipinski definition) is 4. The molecule has 2 amide bonds. The summed E-state index contributed by atoms with van der Waals surface area (Å²) in [5.74, 6) is 2.12. The number of ether oxygens (including phenoxy) is 2. The molecule has 1 N–H and O–H groups in total. The van der Waals surface area contributed by atoms with Gasteiger partial charge in [-0.25, -0.2) is 4.79 Å². The number of likely N-dealkylation sites (tertiary alicyclic amines) is 2. The normalized spacial score (nSPS) is 23.1. The van der Waals surface area contributed by atoms with E-state index in [0.717, 1.165) is 43.1 Å². The molecule has 0 bridgehead atoms. The molecule has 0 radical (unpaired) electrons. The second kappa shape index (κ2) is 8.83. The molecule has 1 aromatic rings. The summed E-state index contributed by atoms with van der Waals surface area (Å²) in [4.78, 5) is 17.3. The van der Waals surface area contributed by atoms with E-state index in [0.29, 0.717) is 12.5 Å². The molecule has 3 aliphatic rings. The first-order valence-corrected chi connectivity index (χ1v) is 10.4. The van der Waals surface area contributed by atoms with Crippen LogP contribution in [0.15, 0.2) is 18.2 Å². The van der Waals surface area contributed by atoms with E-state index in [9.17, 15) is 4.79 Å². The van der Waals surface area contributed by atoms with Crippen LogP contribution in [0.4, 0.5) is 4.79 Å². The Balaban J connectivity index is 1.28. The number of carbonyl (C=O) groups excluding carboxylic acids is 1. The Morgan fingerprint density at radius 3 is 2.78 bits per heavy atom. The summed E-state index contributed by atoms with van der Waals surface area (Å²) < 4.78 is 10.9. The lowest BCUT2D eigenvalue weighted by molar-refractivity contribution is 0.140. The molecule has 27 heavy (non-hydrogen) atoms. The highest BCUT2D eigenvalue weighted by Gasteiger charge is 2.26. The van der Waals surface area contributed by atoms with E-state index in [2.05, 4.69) is 10.2 Å². The van der Waals surface area contributed by atoms with Gasteiger partial charge in [0.2, 0.25) is 6.79 Å². The van der Waals surface area contributed by atoms with Crippen molar-refractivity contribution in [3.8, 4) is 11.5 Å². The Bertz CT molecular complexity index is 644. The van der Waals surface area contributed by atoms with Crippen molar-refractivity contribution in [2.45, 2.75) is 45.1 Å². The summed E-state index contributed by atoms with van der Waals surface area (Å²) in [6, 6.07) is 5.84. The highest BCUT2D eigenvalue weighted by Crippen LogP contribution is 2.35. The third kappa shape index (κ3) is 4.67. The molecule has 0 spiro atoms. The minimum atomic E-state index is 0.0343. The number of amides is 2. The van der Waals surface area contributed by atoms with E-state index < -0.39 is 0 Å². The first kappa shape index (κ1) is 18.4. The maximum absolute atomic E-state index is 12.7. The Kier molecular flexibility index (Phi) is 6.02. The highest BCUT2D eigenvalue weighted by molar-refractivity contribution is 5.74. The Morgan fingerprint density at radius 2 is 1.93 bits per heavy atom. The molecular weight excluding hydrogens is 342 g/mol. The Morgan fingerprint density at radius 1 is 1.07 bits per heavy atom. The van der Waals surface area contributed by atoms with Gasteiger partial charge in [0.15, 0.2) is 11.5 Å². The van der Waals surface area contributed by atoms with Gasteiger partial charge >= 0.3 is 6.03 Å². The maximum atomic E-state index is 12.7. The zero-order valence-electron chi connectivity index (χ0n) is 16.1. The van der Waals surface area contributed by atoms with Crippen LogP contribution in [0.1, 0.15) is 44.1 Å². The fraction of sp³-hybridized carbons (Fsp3) is 0.667. The molecule has 6 heteroatoms. The number of nitrogens with zero attached hydrogens (tertiary/aromatic N) is 2. The van der Waals surface area contributed by atoms with Crippen LogP contribution < -0.4 is 14.8 Å². The third-order valence-electron chi connectivity index (χ3n) is 5.93. The van der Waals surface area contributed by atoms with E-state index >= 15 is 0 Å². The van der Waals surface area contributed by atoms with Gasteiger partial charge in [-0.3, -0.25) is 0 Å². The fourth-order valence-corrected chi connectivity index (χ4v) is 4.49. The van der Waals surface area contributed by atoms with Gasteiger partial charge in [0.05, 0.1) is 0 Å². The summed E-state index contributed by atoms with van der Waals surface area (Å²) in [5.41, 5.74) is 0.969. The van der Waals surface area contributed by atoms with Crippen LogP contribution in [0.25, 0.3) is 0 Å². The van der Waals surface area contributed by atoms with Gasteiger partial charge in [-0.05, 0) is 50.8 Å². The number of hydrogen-bond donors (Lipinski definition) is 1. The van der Waals surface area contributed by atoms with E-state index in [-0.39, 0.29) is 12.8 Å². The van der Waals surface area contributed by atoms with Crippen molar-refractivity contribution in [3.05, 3.63) is 23.8 Å². The molecule has 0 saturated carbocycles. The summed E-state index contributed by atoms with van der Waals surface area (Å²) in [6.45, 7) is 6.04. The van der Waals surface area contributed by atoms with Crippen LogP contribution in [0, 0.1) is 5.92 Å². The van der Waals surface area contributed by atoms with E-state index in [4.69, 9.17) is 9.47 Å². The second-order valence-corrected chi connectivity index (χ2v) is 7.98. The number of rotatable bonds is 4. The van der Waals surface area contributed by atoms with Gasteiger partial charge in [-0.15, -0.1) is 0 Å². The van der Waals surface area contributed by atoms with Gasteiger partial charge in [0, 0.05) is 31.7 Å². The van der Waals surface area contributed by atoms with Crippen LogP contribution >= 0.6 is 0 Å². The van der Waals surface area contributed by atoms with E-state index in [1.165, 1.54) is 45.2 Å². The molecule has 2 fully saturated rings. The van der Waals surface area contributed by atoms with Gasteiger partial charge < -0.3 is 24.6 Å². The minimum Gasteiger partial charge on any atom is -0.454 e. The molecule has 1 unspecified atom stereocenters. The second-order valence-electron chi connectivity index (χ2n) is 7.98. The zero-order valence-corrected chi connectivity index (χ0v) is 16.1. The van der Waals surface area contributed by atoms with Gasteiger partial charge in [-0.1, -0.05) is 25.0 Å². The summed E-state index contributed by atoms with van der Waals surface area (Å²) >= 11 is 0. The van der Waals surface area contributed by atoms with Gasteiger partial charge in [0.1, 0.15) is 0 Å². The minimum absolute atomic E-state index is 0.0343. The largest absolute Gasteiger partial charge is 0.454 e. The molecule has 4 rings (SSSR count). The molecule has 2 saturated heterocycles. The van der Waals surface area contributed by atoms with Gasteiger partial charge in [-0.2, -0.15) is 0 Å². The molecule has 1 atom stereocenters. The standard InChI is InChI=1S/C21H31N3O3/c25-21(22-13-18-8-5-9-19-20(18)27-16-26-19)24-12-6-7-17(15-24)14-23-10-3-1-2-4-11-23/h5,8-9,17H,1-4,6-7,10-16H2,(H,22,25). The van der Waals surface area contributed by atoms with Crippen molar-refractivity contribution >= 4 is 6.03 Å². The lowest BCUT2D eigenvalue weighted by atomic mass is 9.97. The number of fused-ring (bicyclic) bond motifs is 1. The molecule has 148 valence electrons. The van der Waals surface area contributed by atoms with Crippen LogP contribution in [-0.2, 0) is 6.54 Å². The topological polar surface area (TPSA) is 54.0 Å². The molecule has 0 aromatic heterocycles. The molecule has 0 aliphatic carbocycles. The Labute approximate surface area is 161 Å². The van der Waals surface area contributed by atoms with Crippen LogP contribution in [0.3, 0.4) is 0 Å². The SMILES string of the molecule is O=C(NCc1cccc2c1OCO2)N1CCCC(CN2CCCCCC2)C1. The predicted molar refractivity (Wildman–Crippen MR) is 104 cm³/mol. The third-order valence-corrected chi connectivity index (χ3v) is 5.93. The number of para-hydroxylation sites is 1. The van der Waals surface area contributed by atoms with Crippen molar-refractivity contribution < 1.29 is 14.3 Å². The first-order chi connectivity index (χ1) is 13.3. The highest BCUT2D eigenvalue weighted by atomic mass is 16.7. The molecule has 3 heterocycles. The van der Waals surface area contributed by atoms with Crippen molar-refractivity contribution in [2.75, 3.05) is 39.5 Å². The first-order valence-electron chi connectivity index (χ1n) is 10.4. The lowest BCUT2D eigenvalue weighted by Crippen LogP contribution is -2.47. The number of carbonyl (C=O) groups is 1. The summed E-state index contributed by atoms with van der Waals surface area (Å²) in [7, 11) is 0. The fourth-order valence-electron chi connectivity index (χ4n) is 4.49. The summed E-state index contributed by atoms with van der Waals surface area (Å²) in [6.07, 6.45) is 7.72. The molecular formula is C21H31N3O3. The number of nitrogens with one attached hydrogen (secondary N) is 1. The van der Waals surface area contributed by atoms with Crippen molar-refractivity contribution in [1.82, 2.24) is 15.1 Å². The van der Waals surface area contributed by atoms with Gasteiger partial charge in [0.25, 0.3) is 0 Å². The smallest absolute Gasteiger partial charge is 0.317 e. The van der Waals surface area contributed by atoms with Crippen molar-refractivity contribution in [2.24, 2.45) is 5.92 Å². The number of urea groups is 1. The number of piperidine rings is 1. The van der Waals surface area contributed by atoms with E-state index in [1.54, 1.807) is 0 Å².